The fraction of sp³-hybridized carbons (Fsp3) is 0.429. The van der Waals surface area contributed by atoms with Crippen LogP contribution in [0.5, 0.6) is 11.5 Å². The van der Waals surface area contributed by atoms with Crippen LogP contribution in [0, 0.1) is 0 Å². The van der Waals surface area contributed by atoms with Gasteiger partial charge in [-0.3, -0.25) is 4.79 Å². The Morgan fingerprint density at radius 2 is 2.00 bits per heavy atom. The number of aromatic carboxylic acids is 1. The first-order valence-corrected chi connectivity index (χ1v) is 7.14. The van der Waals surface area contributed by atoms with E-state index in [-0.39, 0.29) is 17.2 Å². The topological polar surface area (TPSA) is 76.1 Å². The molecule has 1 aromatic carbocycles. The van der Waals surface area contributed by atoms with Crippen LogP contribution in [0.1, 0.15) is 24.2 Å². The van der Waals surface area contributed by atoms with E-state index in [2.05, 4.69) is 15.9 Å². The summed E-state index contributed by atoms with van der Waals surface area (Å²) in [5.74, 6) is -0.681. The summed E-state index contributed by atoms with van der Waals surface area (Å²) in [6.45, 7) is 3.75. The van der Waals surface area contributed by atoms with Crippen molar-refractivity contribution in [3.63, 3.8) is 0 Å². The van der Waals surface area contributed by atoms with Gasteiger partial charge < -0.3 is 19.5 Å². The molecule has 0 radical (unpaired) electrons. The number of benzene rings is 1. The number of carbonyl (C=O) groups is 2. The van der Waals surface area contributed by atoms with Crippen LogP contribution >= 0.6 is 15.9 Å². The maximum absolute atomic E-state index is 11.9. The minimum absolute atomic E-state index is 0.0734. The third-order valence-corrected chi connectivity index (χ3v) is 3.23. The summed E-state index contributed by atoms with van der Waals surface area (Å²) in [7, 11) is 3.27. The molecule has 0 spiro atoms. The number of carboxylic acid groups (broad SMARTS) is 1. The van der Waals surface area contributed by atoms with Gasteiger partial charge in [0.1, 0.15) is 0 Å². The lowest BCUT2D eigenvalue weighted by Crippen LogP contribution is -2.35. The number of carbonyl (C=O) groups excluding carboxylic acids is 1. The number of halogens is 1. The average molecular weight is 360 g/mol. The second-order valence-corrected chi connectivity index (χ2v) is 5.37. The highest BCUT2D eigenvalue weighted by molar-refractivity contribution is 9.10. The molecule has 1 atom stereocenters. The second-order valence-electron chi connectivity index (χ2n) is 4.52. The SMILES string of the molecule is CCOc1cc(C(=O)O)cc(Br)c1OC(C)C(=O)N(C)C. The molecule has 0 aliphatic rings. The summed E-state index contributed by atoms with van der Waals surface area (Å²) < 4.78 is 11.5. The Labute approximate surface area is 131 Å². The van der Waals surface area contributed by atoms with Gasteiger partial charge in [-0.05, 0) is 41.9 Å². The predicted octanol–water partition coefficient (Wildman–Crippen LogP) is 2.40. The van der Waals surface area contributed by atoms with Crippen molar-refractivity contribution in [1.82, 2.24) is 4.90 Å². The summed E-state index contributed by atoms with van der Waals surface area (Å²) in [4.78, 5) is 24.3. The van der Waals surface area contributed by atoms with Crippen LogP contribution in [0.2, 0.25) is 0 Å². The Morgan fingerprint density at radius 3 is 2.48 bits per heavy atom. The molecule has 0 saturated carbocycles. The maximum Gasteiger partial charge on any atom is 0.335 e. The van der Waals surface area contributed by atoms with Gasteiger partial charge in [-0.1, -0.05) is 0 Å². The summed E-state index contributed by atoms with van der Waals surface area (Å²) in [5.41, 5.74) is 0.0734. The zero-order chi connectivity index (χ0) is 16.2. The van der Waals surface area contributed by atoms with E-state index >= 15 is 0 Å². The van der Waals surface area contributed by atoms with Crippen LogP contribution < -0.4 is 9.47 Å². The lowest BCUT2D eigenvalue weighted by Gasteiger charge is -2.21. The van der Waals surface area contributed by atoms with E-state index in [4.69, 9.17) is 14.6 Å². The number of ether oxygens (including phenoxy) is 2. The predicted molar refractivity (Wildman–Crippen MR) is 81.1 cm³/mol. The lowest BCUT2D eigenvalue weighted by atomic mass is 10.2. The van der Waals surface area contributed by atoms with Gasteiger partial charge >= 0.3 is 5.97 Å². The first-order valence-electron chi connectivity index (χ1n) is 6.35. The third kappa shape index (κ3) is 4.35. The number of hydrogen-bond acceptors (Lipinski definition) is 4. The van der Waals surface area contributed by atoms with Crippen molar-refractivity contribution in [3.05, 3.63) is 22.2 Å². The molecule has 0 bridgehead atoms. The van der Waals surface area contributed by atoms with Gasteiger partial charge in [0.2, 0.25) is 0 Å². The van der Waals surface area contributed by atoms with Crippen LogP contribution in [-0.2, 0) is 4.79 Å². The average Bonchev–Trinajstić information content (AvgIpc) is 2.41. The number of nitrogens with zero attached hydrogens (tertiary/aromatic N) is 1. The van der Waals surface area contributed by atoms with Crippen molar-refractivity contribution in [2.45, 2.75) is 20.0 Å². The molecule has 1 rings (SSSR count). The summed E-state index contributed by atoms with van der Waals surface area (Å²) >= 11 is 3.26. The molecule has 0 saturated heterocycles. The van der Waals surface area contributed by atoms with Crippen molar-refractivity contribution in [3.8, 4) is 11.5 Å². The van der Waals surface area contributed by atoms with Crippen molar-refractivity contribution in [2.24, 2.45) is 0 Å². The highest BCUT2D eigenvalue weighted by Gasteiger charge is 2.22. The highest BCUT2D eigenvalue weighted by Crippen LogP contribution is 2.37. The van der Waals surface area contributed by atoms with Gasteiger partial charge in [0.05, 0.1) is 16.6 Å². The summed E-state index contributed by atoms with van der Waals surface area (Å²) in [6.07, 6.45) is -0.716. The minimum atomic E-state index is -1.07. The smallest absolute Gasteiger partial charge is 0.335 e. The molecule has 21 heavy (non-hydrogen) atoms. The normalized spacial score (nSPS) is 11.7. The Balaban J connectivity index is 3.16. The minimum Gasteiger partial charge on any atom is -0.490 e. The summed E-state index contributed by atoms with van der Waals surface area (Å²) in [6, 6.07) is 2.78. The van der Waals surface area contributed by atoms with Gasteiger partial charge in [-0.2, -0.15) is 0 Å². The Kier molecular flexibility index (Phi) is 6.02. The van der Waals surface area contributed by atoms with Crippen molar-refractivity contribution in [1.29, 1.82) is 0 Å². The van der Waals surface area contributed by atoms with Crippen LogP contribution in [0.15, 0.2) is 16.6 Å². The van der Waals surface area contributed by atoms with E-state index in [1.54, 1.807) is 27.9 Å². The molecule has 0 aliphatic carbocycles. The van der Waals surface area contributed by atoms with E-state index in [1.165, 1.54) is 17.0 Å². The molecule has 0 aliphatic heterocycles. The quantitative estimate of drug-likeness (QED) is 0.843. The van der Waals surface area contributed by atoms with Crippen LogP contribution in [0.4, 0.5) is 0 Å². The van der Waals surface area contributed by atoms with E-state index in [0.29, 0.717) is 16.8 Å². The molecular weight excluding hydrogens is 342 g/mol. The first-order chi connectivity index (χ1) is 9.77. The Hall–Kier alpha value is -1.76. The molecule has 1 N–H and O–H groups in total. The van der Waals surface area contributed by atoms with Gasteiger partial charge in [0, 0.05) is 14.1 Å². The molecule has 1 unspecified atom stereocenters. The lowest BCUT2D eigenvalue weighted by molar-refractivity contribution is -0.135. The standard InChI is InChI=1S/C14H18BrNO5/c1-5-20-11-7-9(14(18)19)6-10(15)12(11)21-8(2)13(17)16(3)4/h6-8H,5H2,1-4H3,(H,18,19). The molecule has 0 heterocycles. The molecule has 1 aromatic rings. The van der Waals surface area contributed by atoms with E-state index in [9.17, 15) is 9.59 Å². The number of carboxylic acids is 1. The second kappa shape index (κ2) is 7.31. The van der Waals surface area contributed by atoms with Crippen molar-refractivity contribution >= 4 is 27.8 Å². The first kappa shape index (κ1) is 17.3. The third-order valence-electron chi connectivity index (χ3n) is 2.64. The fourth-order valence-corrected chi connectivity index (χ4v) is 2.20. The van der Waals surface area contributed by atoms with Gasteiger partial charge in [0.15, 0.2) is 17.6 Å². The molecule has 6 nitrogen and oxygen atoms in total. The van der Waals surface area contributed by atoms with Crippen molar-refractivity contribution in [2.75, 3.05) is 20.7 Å². The fourth-order valence-electron chi connectivity index (χ4n) is 1.66. The zero-order valence-electron chi connectivity index (χ0n) is 12.3. The molecule has 0 aromatic heterocycles. The van der Waals surface area contributed by atoms with Gasteiger partial charge in [-0.15, -0.1) is 0 Å². The molecule has 1 amide bonds. The van der Waals surface area contributed by atoms with Crippen LogP contribution in [0.3, 0.4) is 0 Å². The molecule has 116 valence electrons. The van der Waals surface area contributed by atoms with E-state index in [0.717, 1.165) is 0 Å². The van der Waals surface area contributed by atoms with Crippen molar-refractivity contribution < 1.29 is 24.2 Å². The number of rotatable bonds is 6. The highest BCUT2D eigenvalue weighted by atomic mass is 79.9. The molecular formula is C14H18BrNO5. The molecule has 7 heteroatoms. The van der Waals surface area contributed by atoms with Gasteiger partial charge in [-0.25, -0.2) is 4.79 Å². The maximum atomic E-state index is 11.9. The summed E-state index contributed by atoms with van der Waals surface area (Å²) in [5, 5.41) is 9.06. The monoisotopic (exact) mass is 359 g/mol. The largest absolute Gasteiger partial charge is 0.490 e. The van der Waals surface area contributed by atoms with Gasteiger partial charge in [0.25, 0.3) is 5.91 Å². The Morgan fingerprint density at radius 1 is 1.38 bits per heavy atom. The van der Waals surface area contributed by atoms with Crippen LogP contribution in [-0.4, -0.2) is 48.7 Å². The van der Waals surface area contributed by atoms with E-state index in [1.807, 2.05) is 0 Å². The van der Waals surface area contributed by atoms with Crippen LogP contribution in [0.25, 0.3) is 0 Å². The number of likely N-dealkylation sites (N-methyl/N-ethyl adjacent to an activating group) is 1. The Bertz CT molecular complexity index is 544. The zero-order valence-corrected chi connectivity index (χ0v) is 13.9. The number of hydrogen-bond donors (Lipinski definition) is 1. The van der Waals surface area contributed by atoms with E-state index < -0.39 is 12.1 Å². The molecule has 0 fully saturated rings. The number of amides is 1.